The molecule has 102 heavy (non-hydrogen) atoms. The van der Waals surface area contributed by atoms with E-state index in [1.54, 1.807) is 109 Å². The van der Waals surface area contributed by atoms with Crippen molar-refractivity contribution in [2.75, 3.05) is 52.9 Å². The summed E-state index contributed by atoms with van der Waals surface area (Å²) in [5, 5.41) is 2.19. The predicted molar refractivity (Wildman–Crippen MR) is 403 cm³/mol. The minimum Gasteiger partial charge on any atom is -0.494 e. The fourth-order valence-electron chi connectivity index (χ4n) is 11.4. The van der Waals surface area contributed by atoms with Crippen LogP contribution in [0.1, 0.15) is 185 Å². The van der Waals surface area contributed by atoms with Crippen molar-refractivity contribution in [2.24, 2.45) is 0 Å². The molecule has 542 valence electrons. The van der Waals surface area contributed by atoms with E-state index in [9.17, 15) is 28.8 Å². The van der Waals surface area contributed by atoms with Crippen LogP contribution in [0.25, 0.3) is 32.9 Å². The SMILES string of the molecule is O=C(Oc1ccc2ccc(=O)oc2c1)c1ccc(OCCCCCCCCCCOCC(COCCCCCCCCCCOc2ccc(C(=O)Oc3ccc4ccc(=O)oc4c3)c(Br)c2)OCCCCCCCCCCOc2ccc(C(=O)Oc3ccc4ccc(=O)oc4c3)c(Br)c2)cc1Br. The first kappa shape index (κ1) is 78.2. The second-order valence-electron chi connectivity index (χ2n) is 25.1. The van der Waals surface area contributed by atoms with Gasteiger partial charge in [-0.2, -0.15) is 0 Å². The summed E-state index contributed by atoms with van der Waals surface area (Å²) in [6.45, 7) is 4.87. The van der Waals surface area contributed by atoms with Gasteiger partial charge in [0.25, 0.3) is 0 Å². The van der Waals surface area contributed by atoms with Crippen LogP contribution in [0.15, 0.2) is 187 Å². The van der Waals surface area contributed by atoms with Crippen molar-refractivity contribution < 1.29 is 70.3 Å². The Morgan fingerprint density at radius 2 is 0.549 bits per heavy atom. The van der Waals surface area contributed by atoms with Crippen LogP contribution < -0.4 is 45.3 Å². The molecule has 3 heterocycles. The molecule has 0 amide bonds. The van der Waals surface area contributed by atoms with Crippen molar-refractivity contribution in [1.29, 1.82) is 0 Å². The van der Waals surface area contributed by atoms with E-state index < -0.39 is 34.8 Å². The van der Waals surface area contributed by atoms with E-state index in [1.807, 2.05) is 0 Å². The maximum absolute atomic E-state index is 13.0. The molecule has 6 aromatic carbocycles. The highest BCUT2D eigenvalue weighted by molar-refractivity contribution is 9.11. The van der Waals surface area contributed by atoms with Crippen molar-refractivity contribution in [2.45, 2.75) is 160 Å². The lowest BCUT2D eigenvalue weighted by atomic mass is 10.1. The molecule has 0 atom stereocenters. The number of esters is 3. The predicted octanol–water partition coefficient (Wildman–Crippen LogP) is 20.3. The monoisotopic (exact) mass is 1590 g/mol. The smallest absolute Gasteiger partial charge is 0.344 e. The quantitative estimate of drug-likeness (QED) is 0.0150. The van der Waals surface area contributed by atoms with Crippen LogP contribution in [0.2, 0.25) is 0 Å². The summed E-state index contributed by atoms with van der Waals surface area (Å²) in [5.74, 6) is 1.19. The van der Waals surface area contributed by atoms with E-state index in [1.165, 1.54) is 87.8 Å². The first-order valence-corrected chi connectivity index (χ1v) is 38.0. The Bertz CT molecular complexity index is 4130. The van der Waals surface area contributed by atoms with Crippen LogP contribution in [0.3, 0.4) is 0 Å². The van der Waals surface area contributed by atoms with Crippen LogP contribution in [0, 0.1) is 0 Å². The number of fused-ring (bicyclic) bond motifs is 3. The van der Waals surface area contributed by atoms with Gasteiger partial charge in [-0.1, -0.05) is 116 Å². The third-order valence-electron chi connectivity index (χ3n) is 17.1. The fraction of sp³-hybridized carbons (Fsp3) is 0.407. The third kappa shape index (κ3) is 27.0. The summed E-state index contributed by atoms with van der Waals surface area (Å²) in [5.41, 5.74) is 0.651. The van der Waals surface area contributed by atoms with Crippen molar-refractivity contribution in [3.63, 3.8) is 0 Å². The molecule has 0 saturated heterocycles. The van der Waals surface area contributed by atoms with Gasteiger partial charge in [0.2, 0.25) is 0 Å². The molecule has 0 aliphatic heterocycles. The molecule has 18 nitrogen and oxygen atoms in total. The molecule has 0 spiro atoms. The second-order valence-corrected chi connectivity index (χ2v) is 27.7. The first-order valence-electron chi connectivity index (χ1n) is 35.6. The second kappa shape index (κ2) is 43.3. The molecule has 0 radical (unpaired) electrons. The Kier molecular flexibility index (Phi) is 33.2. The van der Waals surface area contributed by atoms with Gasteiger partial charge in [0.1, 0.15) is 57.4 Å². The number of unbranched alkanes of at least 4 members (excludes halogenated alkanes) is 21. The Labute approximate surface area is 619 Å². The van der Waals surface area contributed by atoms with Crippen molar-refractivity contribution >= 4 is 98.6 Å². The standard InChI is InChI=1S/C81H89Br3O18/c82-70-49-60(34-37-67(70)79(88)97-63-31-25-57-28-40-76(85)100-73(57)52-63)93-45-21-15-9-3-1-7-13-19-43-91-55-66(96-48-24-18-12-6-5-11-17-23-47-95-62-36-39-69(72(84)51-62)81(90)99-65-33-27-59-30-42-78(87)102-75(59)54-65)56-92-44-20-14-8-2-4-10-16-22-46-94-61-35-38-68(71(83)50-61)80(89)98-64-32-26-58-29-41-77(86)101-74(58)53-64/h25-42,49-54,66H,1-24,43-48,55-56H2. The van der Waals surface area contributed by atoms with Gasteiger partial charge in [-0.3, -0.25) is 0 Å². The number of ether oxygens (including phenoxy) is 9. The molecular formula is C81H89Br3O18. The molecule has 9 aromatic rings. The number of carbonyl (C=O) groups is 3. The van der Waals surface area contributed by atoms with Gasteiger partial charge in [0.05, 0.1) is 49.7 Å². The molecule has 9 rings (SSSR count). The van der Waals surface area contributed by atoms with Gasteiger partial charge in [0.15, 0.2) is 0 Å². The summed E-state index contributed by atoms with van der Waals surface area (Å²) in [7, 11) is 0. The van der Waals surface area contributed by atoms with E-state index >= 15 is 0 Å². The average molecular weight is 1590 g/mol. The van der Waals surface area contributed by atoms with Crippen LogP contribution in [0.5, 0.6) is 34.5 Å². The van der Waals surface area contributed by atoms with Gasteiger partial charge < -0.3 is 55.9 Å². The normalized spacial score (nSPS) is 11.4. The molecule has 0 unspecified atom stereocenters. The van der Waals surface area contributed by atoms with E-state index in [0.29, 0.717) is 117 Å². The van der Waals surface area contributed by atoms with Crippen LogP contribution in [-0.4, -0.2) is 76.9 Å². The van der Waals surface area contributed by atoms with Crippen LogP contribution in [-0.2, 0) is 14.2 Å². The molecule has 0 N–H and O–H groups in total. The van der Waals surface area contributed by atoms with Crippen LogP contribution in [0.4, 0.5) is 0 Å². The Balaban J connectivity index is 0.590. The van der Waals surface area contributed by atoms with Gasteiger partial charge >= 0.3 is 34.8 Å². The van der Waals surface area contributed by atoms with Gasteiger partial charge in [-0.15, -0.1) is 0 Å². The summed E-state index contributed by atoms with van der Waals surface area (Å²) in [6.07, 6.45) is 26.3. The molecule has 3 aromatic heterocycles. The lowest BCUT2D eigenvalue weighted by molar-refractivity contribution is -0.0616. The first-order chi connectivity index (χ1) is 49.8. The van der Waals surface area contributed by atoms with Gasteiger partial charge in [-0.05, 0) is 196 Å². The van der Waals surface area contributed by atoms with E-state index in [4.69, 9.17) is 55.9 Å². The number of hydrogen-bond acceptors (Lipinski definition) is 18. The van der Waals surface area contributed by atoms with Gasteiger partial charge in [0, 0.05) is 85.8 Å². The Morgan fingerprint density at radius 3 is 0.843 bits per heavy atom. The zero-order valence-electron chi connectivity index (χ0n) is 57.5. The van der Waals surface area contributed by atoms with Crippen molar-refractivity contribution in [3.05, 3.63) is 207 Å². The molecule has 0 aliphatic carbocycles. The molecule has 0 bridgehead atoms. The number of carbonyl (C=O) groups excluding carboxylic acids is 3. The maximum Gasteiger partial charge on any atom is 0.344 e. The van der Waals surface area contributed by atoms with E-state index in [2.05, 4.69) is 47.8 Å². The molecule has 0 aliphatic rings. The Hall–Kier alpha value is -7.92. The van der Waals surface area contributed by atoms with E-state index in [0.717, 1.165) is 119 Å². The highest BCUT2D eigenvalue weighted by Crippen LogP contribution is 2.31. The highest BCUT2D eigenvalue weighted by Gasteiger charge is 2.19. The largest absolute Gasteiger partial charge is 0.494 e. The number of hydrogen-bond donors (Lipinski definition) is 0. The Morgan fingerprint density at radius 1 is 0.294 bits per heavy atom. The van der Waals surface area contributed by atoms with Crippen LogP contribution >= 0.6 is 47.8 Å². The number of rotatable bonds is 47. The molecule has 0 fully saturated rings. The minimum atomic E-state index is -0.544. The summed E-state index contributed by atoms with van der Waals surface area (Å²) in [4.78, 5) is 73.8. The zero-order chi connectivity index (χ0) is 71.5. The lowest BCUT2D eigenvalue weighted by Crippen LogP contribution is -2.26. The summed E-state index contributed by atoms with van der Waals surface area (Å²) >= 11 is 10.5. The summed E-state index contributed by atoms with van der Waals surface area (Å²) < 4.78 is 70.8. The molecule has 0 saturated carbocycles. The third-order valence-corrected chi connectivity index (χ3v) is 19.0. The minimum absolute atomic E-state index is 0.107. The molecule has 21 heteroatoms. The number of benzene rings is 6. The topological polar surface area (TPSA) is 225 Å². The average Bonchev–Trinajstić information content (AvgIpc) is 0.839. The van der Waals surface area contributed by atoms with E-state index in [-0.39, 0.29) is 23.4 Å². The van der Waals surface area contributed by atoms with Crippen molar-refractivity contribution in [3.8, 4) is 34.5 Å². The fourth-order valence-corrected chi connectivity index (χ4v) is 13.0. The highest BCUT2D eigenvalue weighted by atomic mass is 79.9. The number of halogens is 3. The summed E-state index contributed by atoms with van der Waals surface area (Å²) in [6, 6.07) is 39.3. The maximum atomic E-state index is 13.0. The lowest BCUT2D eigenvalue weighted by Gasteiger charge is -2.18. The zero-order valence-corrected chi connectivity index (χ0v) is 62.3. The molecular weight excluding hydrogens is 1500 g/mol. The van der Waals surface area contributed by atoms with Gasteiger partial charge in [-0.25, -0.2) is 28.8 Å². The van der Waals surface area contributed by atoms with Crippen molar-refractivity contribution in [1.82, 2.24) is 0 Å².